The minimum absolute atomic E-state index is 0.0718. The minimum Gasteiger partial charge on any atom is -0.373 e. The van der Waals surface area contributed by atoms with Crippen molar-refractivity contribution in [3.05, 3.63) is 11.9 Å². The van der Waals surface area contributed by atoms with Crippen molar-refractivity contribution in [2.24, 2.45) is 7.05 Å². The molecule has 1 aromatic heterocycles. The predicted molar refractivity (Wildman–Crippen MR) is 46.4 cm³/mol. The summed E-state index contributed by atoms with van der Waals surface area (Å²) in [7, 11) is 3.21. The molecule has 0 aromatic carbocycles. The summed E-state index contributed by atoms with van der Waals surface area (Å²) in [5.41, 5.74) is 0.480. The van der Waals surface area contributed by atoms with Crippen molar-refractivity contribution in [3.63, 3.8) is 0 Å². The van der Waals surface area contributed by atoms with Crippen LogP contribution in [0.1, 0.15) is 23.8 Å². The van der Waals surface area contributed by atoms with Gasteiger partial charge in [-0.25, -0.2) is 4.68 Å². The van der Waals surface area contributed by atoms with Gasteiger partial charge in [0.2, 0.25) is 5.78 Å². The van der Waals surface area contributed by atoms with Gasteiger partial charge in [-0.2, -0.15) is 0 Å². The highest BCUT2D eigenvalue weighted by Gasteiger charge is 2.20. The number of methoxy groups -OCH3 is 1. The zero-order valence-corrected chi connectivity index (χ0v) is 8.02. The molecule has 1 heterocycles. The average Bonchev–Trinajstić information content (AvgIpc) is 2.53. The molecule has 0 spiro atoms. The Morgan fingerprint density at radius 2 is 2.46 bits per heavy atom. The van der Waals surface area contributed by atoms with Crippen molar-refractivity contribution >= 4 is 5.78 Å². The largest absolute Gasteiger partial charge is 0.373 e. The summed E-state index contributed by atoms with van der Waals surface area (Å²) in [4.78, 5) is 11.7. The molecule has 5 nitrogen and oxygen atoms in total. The lowest BCUT2D eigenvalue weighted by molar-refractivity contribution is 0.0586. The fourth-order valence-corrected chi connectivity index (χ4v) is 1.14. The van der Waals surface area contributed by atoms with E-state index < -0.39 is 6.10 Å². The van der Waals surface area contributed by atoms with Crippen molar-refractivity contribution < 1.29 is 9.53 Å². The molecule has 1 rings (SSSR count). The molecule has 1 atom stereocenters. The molecule has 1 aromatic rings. The molecule has 0 saturated carbocycles. The number of hydrogen-bond donors (Lipinski definition) is 0. The van der Waals surface area contributed by atoms with Crippen LogP contribution in [0.4, 0.5) is 0 Å². The third-order valence-electron chi connectivity index (χ3n) is 1.91. The summed E-state index contributed by atoms with van der Waals surface area (Å²) < 4.78 is 6.47. The summed E-state index contributed by atoms with van der Waals surface area (Å²) in [5.74, 6) is -0.0718. The van der Waals surface area contributed by atoms with E-state index in [1.807, 2.05) is 6.92 Å². The first-order chi connectivity index (χ1) is 6.20. The second-order valence-corrected chi connectivity index (χ2v) is 2.74. The molecular weight excluding hydrogens is 170 g/mol. The highest BCUT2D eigenvalue weighted by molar-refractivity contribution is 5.97. The third kappa shape index (κ3) is 1.92. The molecule has 0 aliphatic heterocycles. The lowest BCUT2D eigenvalue weighted by atomic mass is 10.1. The van der Waals surface area contributed by atoms with Gasteiger partial charge in [-0.3, -0.25) is 4.79 Å². The van der Waals surface area contributed by atoms with Crippen LogP contribution >= 0.6 is 0 Å². The number of aromatic nitrogens is 3. The smallest absolute Gasteiger partial charge is 0.211 e. The van der Waals surface area contributed by atoms with E-state index in [2.05, 4.69) is 10.3 Å². The quantitative estimate of drug-likeness (QED) is 0.635. The fourth-order valence-electron chi connectivity index (χ4n) is 1.14. The Morgan fingerprint density at radius 1 is 1.77 bits per heavy atom. The number of hydrogen-bond acceptors (Lipinski definition) is 4. The number of carbonyl (C=O) groups excluding carboxylic acids is 1. The van der Waals surface area contributed by atoms with Gasteiger partial charge in [0, 0.05) is 14.2 Å². The topological polar surface area (TPSA) is 57.0 Å². The maximum Gasteiger partial charge on any atom is 0.211 e. The molecule has 0 saturated heterocycles. The predicted octanol–water partition coefficient (Wildman–Crippen LogP) is 0.423. The number of ketones is 1. The highest BCUT2D eigenvalue weighted by atomic mass is 16.5. The molecule has 13 heavy (non-hydrogen) atoms. The summed E-state index contributed by atoms with van der Waals surface area (Å²) in [5, 5.41) is 7.31. The first-order valence-electron chi connectivity index (χ1n) is 4.12. The molecule has 0 aliphatic carbocycles. The standard InChI is InChI=1S/C8H13N3O2/c1-4-7(13-3)8(12)6-5-9-10-11(6)2/h5,7H,4H2,1-3H3. The van der Waals surface area contributed by atoms with E-state index in [0.29, 0.717) is 12.1 Å². The fraction of sp³-hybridized carbons (Fsp3) is 0.625. The monoisotopic (exact) mass is 183 g/mol. The Hall–Kier alpha value is -1.23. The van der Waals surface area contributed by atoms with Gasteiger partial charge in [0.1, 0.15) is 11.8 Å². The number of ether oxygens (including phenoxy) is 1. The first kappa shape index (κ1) is 9.85. The van der Waals surface area contributed by atoms with E-state index in [4.69, 9.17) is 4.74 Å². The first-order valence-corrected chi connectivity index (χ1v) is 4.12. The summed E-state index contributed by atoms with van der Waals surface area (Å²) in [6.07, 6.45) is 1.71. The maximum atomic E-state index is 11.7. The molecule has 0 bridgehead atoms. The Morgan fingerprint density at radius 3 is 2.85 bits per heavy atom. The summed E-state index contributed by atoms with van der Waals surface area (Å²) >= 11 is 0. The molecule has 0 radical (unpaired) electrons. The van der Waals surface area contributed by atoms with Crippen LogP contribution in [0.5, 0.6) is 0 Å². The second kappa shape index (κ2) is 4.13. The maximum absolute atomic E-state index is 11.7. The van der Waals surface area contributed by atoms with Gasteiger partial charge in [-0.05, 0) is 6.42 Å². The molecule has 0 fully saturated rings. The lowest BCUT2D eigenvalue weighted by Gasteiger charge is -2.10. The second-order valence-electron chi connectivity index (χ2n) is 2.74. The number of Topliss-reactive ketones (excluding diaryl/α,β-unsaturated/α-hetero) is 1. The Balaban J connectivity index is 2.84. The minimum atomic E-state index is -0.391. The molecule has 0 amide bonds. The number of aryl methyl sites for hydroxylation is 1. The van der Waals surface area contributed by atoms with Gasteiger partial charge < -0.3 is 4.74 Å². The van der Waals surface area contributed by atoms with Crippen molar-refractivity contribution in [2.45, 2.75) is 19.4 Å². The zero-order valence-electron chi connectivity index (χ0n) is 8.02. The normalized spacial score (nSPS) is 12.8. The van der Waals surface area contributed by atoms with Crippen molar-refractivity contribution in [1.29, 1.82) is 0 Å². The Bertz CT molecular complexity index is 291. The van der Waals surface area contributed by atoms with Gasteiger partial charge in [-0.1, -0.05) is 12.1 Å². The summed E-state index contributed by atoms with van der Waals surface area (Å²) in [6.45, 7) is 1.90. The van der Waals surface area contributed by atoms with Gasteiger partial charge in [0.05, 0.1) is 6.20 Å². The van der Waals surface area contributed by atoms with Gasteiger partial charge in [-0.15, -0.1) is 5.10 Å². The molecule has 1 unspecified atom stereocenters. The highest BCUT2D eigenvalue weighted by Crippen LogP contribution is 2.06. The summed E-state index contributed by atoms with van der Waals surface area (Å²) in [6, 6.07) is 0. The van der Waals surface area contributed by atoms with Gasteiger partial charge >= 0.3 is 0 Å². The Kier molecular flexibility index (Phi) is 3.13. The van der Waals surface area contributed by atoms with E-state index in [-0.39, 0.29) is 5.78 Å². The van der Waals surface area contributed by atoms with E-state index >= 15 is 0 Å². The molecule has 5 heteroatoms. The van der Waals surface area contributed by atoms with Gasteiger partial charge in [0.25, 0.3) is 0 Å². The van der Waals surface area contributed by atoms with Crippen molar-refractivity contribution in [1.82, 2.24) is 15.0 Å². The van der Waals surface area contributed by atoms with E-state index in [1.54, 1.807) is 7.05 Å². The van der Waals surface area contributed by atoms with Crippen LogP contribution in [0.15, 0.2) is 6.20 Å². The van der Waals surface area contributed by atoms with Crippen molar-refractivity contribution in [3.8, 4) is 0 Å². The van der Waals surface area contributed by atoms with Crippen LogP contribution in [0.3, 0.4) is 0 Å². The number of rotatable bonds is 4. The van der Waals surface area contributed by atoms with Crippen molar-refractivity contribution in [2.75, 3.05) is 7.11 Å². The van der Waals surface area contributed by atoms with Crippen LogP contribution in [-0.2, 0) is 11.8 Å². The van der Waals surface area contributed by atoms with E-state index in [0.717, 1.165) is 0 Å². The van der Waals surface area contributed by atoms with Crippen LogP contribution in [-0.4, -0.2) is 34.0 Å². The third-order valence-corrected chi connectivity index (χ3v) is 1.91. The average molecular weight is 183 g/mol. The number of carbonyl (C=O) groups is 1. The van der Waals surface area contributed by atoms with Crippen LogP contribution in [0, 0.1) is 0 Å². The zero-order chi connectivity index (χ0) is 9.84. The van der Waals surface area contributed by atoms with E-state index in [1.165, 1.54) is 18.0 Å². The van der Waals surface area contributed by atoms with E-state index in [9.17, 15) is 4.79 Å². The molecular formula is C8H13N3O2. The number of nitrogens with zero attached hydrogens (tertiary/aromatic N) is 3. The van der Waals surface area contributed by atoms with Gasteiger partial charge in [0.15, 0.2) is 0 Å². The van der Waals surface area contributed by atoms with Crippen LogP contribution < -0.4 is 0 Å². The lowest BCUT2D eigenvalue weighted by Crippen LogP contribution is -2.24. The van der Waals surface area contributed by atoms with Crippen LogP contribution in [0.2, 0.25) is 0 Å². The molecule has 72 valence electrons. The van der Waals surface area contributed by atoms with Crippen LogP contribution in [0.25, 0.3) is 0 Å². The molecule has 0 N–H and O–H groups in total. The Labute approximate surface area is 76.7 Å². The SMILES string of the molecule is CCC(OC)C(=O)c1cnnn1C. The molecule has 0 aliphatic rings.